The van der Waals surface area contributed by atoms with Crippen LogP contribution >= 0.6 is 0 Å². The molecular weight excluding hydrogens is 934 g/mol. The first-order valence-electron chi connectivity index (χ1n) is 19.5. The summed E-state index contributed by atoms with van der Waals surface area (Å²) < 4.78 is 8.98. The van der Waals surface area contributed by atoms with Crippen LogP contribution in [0.1, 0.15) is 22.8 Å². The molecule has 4 aromatic heterocycles. The summed E-state index contributed by atoms with van der Waals surface area (Å²) in [6.07, 6.45) is 0. The fourth-order valence-corrected chi connectivity index (χ4v) is 8.62. The molecule has 0 atom stereocenters. The number of aromatic nitrogens is 4. The summed E-state index contributed by atoms with van der Waals surface area (Å²) in [5, 5.41) is 16.3. The zero-order valence-electron chi connectivity index (χ0n) is 35.4. The first-order valence-corrected chi connectivity index (χ1v) is 19.5. The average molecular weight is 982 g/mol. The topological polar surface area (TPSA) is 19.7 Å². The Labute approximate surface area is 402 Å². The van der Waals surface area contributed by atoms with Crippen molar-refractivity contribution in [2.24, 2.45) is 28.2 Å². The van der Waals surface area contributed by atoms with E-state index in [0.29, 0.717) is 0 Å². The van der Waals surface area contributed by atoms with Gasteiger partial charge in [-0.1, -0.05) is 48.5 Å². The van der Waals surface area contributed by atoms with Crippen LogP contribution in [-0.2, 0) is 80.6 Å². The summed E-state index contributed by atoms with van der Waals surface area (Å²) >= 11 is 0. The van der Waals surface area contributed by atoms with Gasteiger partial charge in [-0.25, -0.2) is 0 Å². The van der Waals surface area contributed by atoms with Crippen molar-refractivity contribution in [3.05, 3.63) is 168 Å². The third-order valence-electron chi connectivity index (χ3n) is 12.3. The largest absolute Gasteiger partial charge is 2.00 e. The Balaban J connectivity index is 0.000000148. The van der Waals surface area contributed by atoms with E-state index in [0.717, 1.165) is 0 Å². The zero-order chi connectivity index (χ0) is 38.8. The second kappa shape index (κ2) is 18.8. The van der Waals surface area contributed by atoms with E-state index in [-0.39, 0.29) is 77.2 Å². The second-order valence-electron chi connectivity index (χ2n) is 15.5. The maximum absolute atomic E-state index is 2.26. The van der Waals surface area contributed by atoms with E-state index in [4.69, 9.17) is 0 Å². The van der Waals surface area contributed by atoms with Gasteiger partial charge in [0, 0.05) is 51.0 Å². The Hall–Kier alpha value is -4.17. The summed E-state index contributed by atoms with van der Waals surface area (Å²) in [4.78, 5) is 0. The van der Waals surface area contributed by atoms with Gasteiger partial charge in [0.1, 0.15) is 0 Å². The molecule has 12 rings (SSSR count). The van der Waals surface area contributed by atoms with Crippen molar-refractivity contribution in [3.63, 3.8) is 0 Å². The zero-order valence-corrected chi connectivity index (χ0v) is 41.8. The van der Waals surface area contributed by atoms with Gasteiger partial charge in [-0.05, 0) is 49.8 Å². The predicted molar refractivity (Wildman–Crippen MR) is 243 cm³/mol. The van der Waals surface area contributed by atoms with E-state index in [1.54, 1.807) is 0 Å². The summed E-state index contributed by atoms with van der Waals surface area (Å²) in [7, 11) is 8.49. The number of rotatable bonds is 0. The Kier molecular flexibility index (Phi) is 14.7. The molecule has 8 aromatic carbocycles. The van der Waals surface area contributed by atoms with Gasteiger partial charge < -0.3 is 43.1 Å². The third-order valence-corrected chi connectivity index (χ3v) is 12.3. The van der Waals surface area contributed by atoms with E-state index in [1.165, 1.54) is 109 Å². The van der Waals surface area contributed by atoms with Gasteiger partial charge in [-0.2, -0.15) is 0 Å². The van der Waals surface area contributed by atoms with Crippen LogP contribution in [0, 0.1) is 27.7 Å². The van der Waals surface area contributed by atoms with Gasteiger partial charge in [0.15, 0.2) is 0 Å². The minimum atomic E-state index is 0. The molecular formula is C52H48Cl2N4Zr2-2. The van der Waals surface area contributed by atoms with Crippen molar-refractivity contribution in [2.45, 2.75) is 27.7 Å². The van der Waals surface area contributed by atoms with Crippen LogP contribution < -0.4 is 24.8 Å². The molecule has 0 amide bonds. The average Bonchev–Trinajstić information content (AvgIpc) is 4.10. The number of benzene rings is 4. The van der Waals surface area contributed by atoms with Crippen molar-refractivity contribution in [1.82, 2.24) is 18.3 Å². The smallest absolute Gasteiger partial charge is 1.00 e. The van der Waals surface area contributed by atoms with Crippen LogP contribution in [0.2, 0.25) is 0 Å². The molecule has 0 fully saturated rings. The molecule has 0 aliphatic heterocycles. The summed E-state index contributed by atoms with van der Waals surface area (Å²) in [5.41, 5.74) is 10.6. The molecule has 300 valence electrons. The molecule has 0 saturated heterocycles. The minimum absolute atomic E-state index is 0. The fraction of sp³-hybridized carbons (Fsp3) is 0.154. The molecule has 0 unspecified atom stereocenters. The molecule has 0 N–H and O–H groups in total. The van der Waals surface area contributed by atoms with Crippen molar-refractivity contribution in [3.8, 4) is 0 Å². The van der Waals surface area contributed by atoms with Gasteiger partial charge in [0.25, 0.3) is 0 Å². The molecule has 0 aliphatic carbocycles. The van der Waals surface area contributed by atoms with Crippen LogP contribution in [0.4, 0.5) is 0 Å². The van der Waals surface area contributed by atoms with Gasteiger partial charge in [-0.3, -0.25) is 0 Å². The van der Waals surface area contributed by atoms with E-state index in [9.17, 15) is 0 Å². The normalized spacial score (nSPS) is 10.8. The maximum Gasteiger partial charge on any atom is 2.00 e. The fourth-order valence-electron chi connectivity index (χ4n) is 8.62. The molecule has 12 aromatic rings. The molecule has 0 spiro atoms. The number of halogens is 2. The van der Waals surface area contributed by atoms with E-state index in [2.05, 4.69) is 220 Å². The van der Waals surface area contributed by atoms with E-state index >= 15 is 0 Å². The molecule has 0 saturated carbocycles. The first-order chi connectivity index (χ1) is 27.1. The number of nitrogens with zero attached hydrogens (tertiary/aromatic N) is 4. The Morgan fingerprint density at radius 3 is 0.683 bits per heavy atom. The molecule has 4 nitrogen and oxygen atoms in total. The molecule has 60 heavy (non-hydrogen) atoms. The van der Waals surface area contributed by atoms with Crippen LogP contribution in [0.15, 0.2) is 146 Å². The molecule has 0 radical (unpaired) electrons. The predicted octanol–water partition coefficient (Wildman–Crippen LogP) is 7.44. The van der Waals surface area contributed by atoms with E-state index < -0.39 is 0 Å². The number of fused-ring (bicyclic) bond motifs is 12. The van der Waals surface area contributed by atoms with Crippen molar-refractivity contribution >= 4 is 86.7 Å². The summed E-state index contributed by atoms with van der Waals surface area (Å²) in [6.45, 7) is 8.59. The Morgan fingerprint density at radius 1 is 0.300 bits per heavy atom. The van der Waals surface area contributed by atoms with Crippen LogP contribution in [0.3, 0.4) is 0 Å². The molecule has 8 heteroatoms. The monoisotopic (exact) mass is 978 g/mol. The number of aryl methyl sites for hydroxylation is 8. The van der Waals surface area contributed by atoms with Gasteiger partial charge >= 0.3 is 52.4 Å². The molecule has 4 heterocycles. The van der Waals surface area contributed by atoms with Gasteiger partial charge in [0.2, 0.25) is 0 Å². The SMILES string of the molecule is Cc1cc2c3ccccc3[cH-]c2n1C.Cc1cc2c3ccccc3[cH-]c2n1C.Cc1cc2c3ccccc3[cH-]c2n1C.Cc1cc2c3ccccc3[cH-]c2n1C.[Cl-].[Cl-].[Zr+2].[Zr+2]. The van der Waals surface area contributed by atoms with Gasteiger partial charge in [-0.15, -0.1) is 162 Å². The number of hydrogen-bond acceptors (Lipinski definition) is 0. The van der Waals surface area contributed by atoms with Crippen LogP contribution in [0.25, 0.3) is 86.7 Å². The second-order valence-corrected chi connectivity index (χ2v) is 15.5. The summed E-state index contributed by atoms with van der Waals surface area (Å²) in [5.74, 6) is 0. The molecule has 0 bridgehead atoms. The van der Waals surface area contributed by atoms with Crippen LogP contribution in [0.5, 0.6) is 0 Å². The van der Waals surface area contributed by atoms with Crippen LogP contribution in [-0.4, -0.2) is 18.3 Å². The molecule has 0 aliphatic rings. The third kappa shape index (κ3) is 8.14. The maximum atomic E-state index is 2.26. The van der Waals surface area contributed by atoms with E-state index in [1.807, 2.05) is 0 Å². The van der Waals surface area contributed by atoms with Crippen molar-refractivity contribution < 1.29 is 77.2 Å². The van der Waals surface area contributed by atoms with Crippen molar-refractivity contribution in [1.29, 1.82) is 0 Å². The quantitative estimate of drug-likeness (QED) is 0.141. The first kappa shape index (κ1) is 46.9. The Bertz CT molecular complexity index is 2920. The van der Waals surface area contributed by atoms with Gasteiger partial charge in [0.05, 0.1) is 0 Å². The Morgan fingerprint density at radius 2 is 0.483 bits per heavy atom. The minimum Gasteiger partial charge on any atom is -1.00 e. The summed E-state index contributed by atoms with van der Waals surface area (Å²) in [6, 6.07) is 52.3. The van der Waals surface area contributed by atoms with Crippen molar-refractivity contribution in [2.75, 3.05) is 0 Å². The number of hydrogen-bond donors (Lipinski definition) is 0. The standard InChI is InChI=1S/4C13H12N.2ClH.2Zr/c4*1-9-7-12-11-6-4-3-5-10(11)8-13(12)14(9)2;;;;/h4*3-8H,1-2H3;2*1H;;/q4*-1;;;2*+2/p-2.